The second-order valence-electron chi connectivity index (χ2n) is 4.90. The Balaban J connectivity index is 2.35. The van der Waals surface area contributed by atoms with E-state index < -0.39 is 11.7 Å². The van der Waals surface area contributed by atoms with E-state index in [2.05, 4.69) is 10.3 Å². The van der Waals surface area contributed by atoms with Gasteiger partial charge < -0.3 is 14.8 Å². The van der Waals surface area contributed by atoms with Crippen molar-refractivity contribution >= 4 is 17.7 Å². The Hall–Kier alpha value is -2.00. The van der Waals surface area contributed by atoms with Crippen molar-refractivity contribution in [3.05, 3.63) is 23.0 Å². The molecule has 1 N–H and O–H groups in total. The molecule has 0 spiro atoms. The van der Waals surface area contributed by atoms with E-state index in [0.29, 0.717) is 5.75 Å². The van der Waals surface area contributed by atoms with E-state index in [1.807, 2.05) is 6.07 Å². The van der Waals surface area contributed by atoms with Gasteiger partial charge in [0, 0.05) is 6.07 Å². The zero-order chi connectivity index (χ0) is 15.2. The van der Waals surface area contributed by atoms with Crippen molar-refractivity contribution in [2.45, 2.75) is 26.4 Å². The molecule has 0 aliphatic carbocycles. The first-order chi connectivity index (χ1) is 9.31. The molecule has 0 fully saturated rings. The topological polar surface area (TPSA) is 84.2 Å². The SMILES string of the molecule is CC(C)(C)OC(=O)NCCOc1cnc(Cl)c(C#N)c1. The zero-order valence-corrected chi connectivity index (χ0v) is 12.3. The van der Waals surface area contributed by atoms with Gasteiger partial charge in [-0.15, -0.1) is 0 Å². The summed E-state index contributed by atoms with van der Waals surface area (Å²) < 4.78 is 10.4. The first-order valence-corrected chi connectivity index (χ1v) is 6.35. The fraction of sp³-hybridized carbons (Fsp3) is 0.462. The first-order valence-electron chi connectivity index (χ1n) is 5.97. The predicted molar refractivity (Wildman–Crippen MR) is 73.7 cm³/mol. The smallest absolute Gasteiger partial charge is 0.407 e. The van der Waals surface area contributed by atoms with Crippen molar-refractivity contribution in [3.8, 4) is 11.8 Å². The van der Waals surface area contributed by atoms with Crippen LogP contribution in [0.2, 0.25) is 5.15 Å². The standard InChI is InChI=1S/C13H16ClN3O3/c1-13(2,3)20-12(18)16-4-5-19-10-6-9(7-15)11(14)17-8-10/h6,8H,4-5H2,1-3H3,(H,16,18). The van der Waals surface area contributed by atoms with Gasteiger partial charge in [0.25, 0.3) is 0 Å². The number of alkyl carbamates (subject to hydrolysis) is 1. The Morgan fingerprint density at radius 3 is 2.85 bits per heavy atom. The van der Waals surface area contributed by atoms with Crippen LogP contribution in [0.15, 0.2) is 12.3 Å². The van der Waals surface area contributed by atoms with Crippen LogP contribution in [0.5, 0.6) is 5.75 Å². The molecule has 0 aromatic carbocycles. The summed E-state index contributed by atoms with van der Waals surface area (Å²) >= 11 is 5.70. The number of nitrogens with one attached hydrogen (secondary N) is 1. The number of ether oxygens (including phenoxy) is 2. The molecule has 1 aromatic rings. The van der Waals surface area contributed by atoms with Gasteiger partial charge in [-0.05, 0) is 20.8 Å². The van der Waals surface area contributed by atoms with Crippen LogP contribution < -0.4 is 10.1 Å². The average molecular weight is 298 g/mol. The average Bonchev–Trinajstić information content (AvgIpc) is 2.34. The summed E-state index contributed by atoms with van der Waals surface area (Å²) in [5, 5.41) is 11.5. The van der Waals surface area contributed by atoms with Crippen LogP contribution in [-0.2, 0) is 4.74 Å². The van der Waals surface area contributed by atoms with E-state index in [4.69, 9.17) is 26.3 Å². The minimum absolute atomic E-state index is 0.131. The van der Waals surface area contributed by atoms with Gasteiger partial charge in [-0.3, -0.25) is 0 Å². The summed E-state index contributed by atoms with van der Waals surface area (Å²) in [5.41, 5.74) is -0.295. The van der Waals surface area contributed by atoms with Crippen LogP contribution in [0, 0.1) is 11.3 Å². The third-order valence-corrected chi connectivity index (χ3v) is 2.27. The van der Waals surface area contributed by atoms with Crippen LogP contribution in [-0.4, -0.2) is 29.8 Å². The molecule has 0 radical (unpaired) electrons. The van der Waals surface area contributed by atoms with Crippen molar-refractivity contribution in [2.24, 2.45) is 0 Å². The summed E-state index contributed by atoms with van der Waals surface area (Å²) in [7, 11) is 0. The van der Waals surface area contributed by atoms with Gasteiger partial charge in [-0.2, -0.15) is 5.26 Å². The summed E-state index contributed by atoms with van der Waals surface area (Å²) in [6.45, 7) is 5.86. The van der Waals surface area contributed by atoms with Crippen LogP contribution in [0.25, 0.3) is 0 Å². The Bertz CT molecular complexity index is 521. The number of amides is 1. The molecule has 0 saturated carbocycles. The Morgan fingerprint density at radius 2 is 2.25 bits per heavy atom. The summed E-state index contributed by atoms with van der Waals surface area (Å²) in [6.07, 6.45) is 0.907. The predicted octanol–water partition coefficient (Wildman–Crippen LogP) is 2.51. The Kier molecular flexibility index (Phi) is 5.59. The molecule has 1 rings (SSSR count). The molecule has 0 unspecified atom stereocenters. The van der Waals surface area contributed by atoms with Crippen LogP contribution in [0.3, 0.4) is 0 Å². The molecule has 1 amide bonds. The number of aromatic nitrogens is 1. The molecule has 6 nitrogen and oxygen atoms in total. The van der Waals surface area contributed by atoms with Crippen molar-refractivity contribution in [2.75, 3.05) is 13.2 Å². The van der Waals surface area contributed by atoms with Gasteiger partial charge >= 0.3 is 6.09 Å². The number of rotatable bonds is 4. The van der Waals surface area contributed by atoms with Gasteiger partial charge in [0.2, 0.25) is 0 Å². The molecule has 0 aliphatic rings. The lowest BCUT2D eigenvalue weighted by molar-refractivity contribution is 0.0520. The molecule has 7 heteroatoms. The minimum atomic E-state index is -0.535. The van der Waals surface area contributed by atoms with E-state index >= 15 is 0 Å². The quantitative estimate of drug-likeness (QED) is 0.682. The number of nitriles is 1. The third-order valence-electron chi connectivity index (χ3n) is 1.97. The highest BCUT2D eigenvalue weighted by Crippen LogP contribution is 2.17. The monoisotopic (exact) mass is 297 g/mol. The fourth-order valence-corrected chi connectivity index (χ4v) is 1.37. The lowest BCUT2D eigenvalue weighted by atomic mass is 10.2. The number of carbonyl (C=O) groups is 1. The van der Waals surface area contributed by atoms with E-state index in [-0.39, 0.29) is 23.9 Å². The largest absolute Gasteiger partial charge is 0.490 e. The Morgan fingerprint density at radius 1 is 1.55 bits per heavy atom. The molecule has 108 valence electrons. The number of carbonyl (C=O) groups excluding carboxylic acids is 1. The third kappa shape index (κ3) is 5.76. The van der Waals surface area contributed by atoms with Gasteiger partial charge in [-0.1, -0.05) is 11.6 Å². The second-order valence-corrected chi connectivity index (χ2v) is 5.26. The fourth-order valence-electron chi connectivity index (χ4n) is 1.22. The number of hydrogen-bond donors (Lipinski definition) is 1. The highest BCUT2D eigenvalue weighted by molar-refractivity contribution is 6.30. The molecule has 0 aliphatic heterocycles. The maximum absolute atomic E-state index is 11.4. The molecule has 20 heavy (non-hydrogen) atoms. The second kappa shape index (κ2) is 6.96. The summed E-state index contributed by atoms with van der Waals surface area (Å²) in [5.74, 6) is 0.414. The molecule has 0 saturated heterocycles. The van der Waals surface area contributed by atoms with Crippen molar-refractivity contribution < 1.29 is 14.3 Å². The lowest BCUT2D eigenvalue weighted by Crippen LogP contribution is -2.34. The van der Waals surface area contributed by atoms with Crippen LogP contribution >= 0.6 is 11.6 Å². The number of pyridine rings is 1. The van der Waals surface area contributed by atoms with Gasteiger partial charge in [-0.25, -0.2) is 9.78 Å². The lowest BCUT2D eigenvalue weighted by Gasteiger charge is -2.19. The molecule has 1 heterocycles. The van der Waals surface area contributed by atoms with Crippen molar-refractivity contribution in [3.63, 3.8) is 0 Å². The van der Waals surface area contributed by atoms with Gasteiger partial charge in [0.15, 0.2) is 0 Å². The highest BCUT2D eigenvalue weighted by Gasteiger charge is 2.15. The minimum Gasteiger partial charge on any atom is -0.490 e. The van der Waals surface area contributed by atoms with Gasteiger partial charge in [0.1, 0.15) is 29.2 Å². The Labute approximate surface area is 122 Å². The van der Waals surface area contributed by atoms with E-state index in [1.165, 1.54) is 12.3 Å². The highest BCUT2D eigenvalue weighted by atomic mass is 35.5. The summed E-state index contributed by atoms with van der Waals surface area (Å²) in [6, 6.07) is 3.39. The number of hydrogen-bond acceptors (Lipinski definition) is 5. The molecular weight excluding hydrogens is 282 g/mol. The summed E-state index contributed by atoms with van der Waals surface area (Å²) in [4.78, 5) is 15.2. The van der Waals surface area contributed by atoms with Crippen LogP contribution in [0.4, 0.5) is 4.79 Å². The first kappa shape index (κ1) is 16.1. The van der Waals surface area contributed by atoms with E-state index in [0.717, 1.165) is 0 Å². The van der Waals surface area contributed by atoms with Gasteiger partial charge in [0.05, 0.1) is 18.3 Å². The van der Waals surface area contributed by atoms with Crippen LogP contribution in [0.1, 0.15) is 26.3 Å². The maximum atomic E-state index is 11.4. The van der Waals surface area contributed by atoms with Crippen molar-refractivity contribution in [1.29, 1.82) is 5.26 Å². The molecule has 0 atom stereocenters. The maximum Gasteiger partial charge on any atom is 0.407 e. The zero-order valence-electron chi connectivity index (χ0n) is 11.6. The van der Waals surface area contributed by atoms with E-state index in [1.54, 1.807) is 20.8 Å². The van der Waals surface area contributed by atoms with E-state index in [9.17, 15) is 4.79 Å². The number of halogens is 1. The molecule has 0 bridgehead atoms. The molecular formula is C13H16ClN3O3. The normalized spacial score (nSPS) is 10.6. The molecule has 1 aromatic heterocycles. The number of nitrogens with zero attached hydrogens (tertiary/aromatic N) is 2. The van der Waals surface area contributed by atoms with Crippen molar-refractivity contribution in [1.82, 2.24) is 10.3 Å².